The molecule has 4 heteroatoms. The molecule has 1 N–H and O–H groups in total. The van der Waals surface area contributed by atoms with Crippen LogP contribution >= 0.6 is 0 Å². The van der Waals surface area contributed by atoms with Crippen LogP contribution in [0.5, 0.6) is 0 Å². The van der Waals surface area contributed by atoms with Crippen molar-refractivity contribution in [2.24, 2.45) is 0 Å². The molecular formula is C14H16FN3. The van der Waals surface area contributed by atoms with Crippen molar-refractivity contribution in [1.82, 2.24) is 9.55 Å². The van der Waals surface area contributed by atoms with Crippen LogP contribution in [-0.2, 0) is 6.54 Å². The Labute approximate surface area is 106 Å². The van der Waals surface area contributed by atoms with Gasteiger partial charge in [-0.3, -0.25) is 0 Å². The smallest absolute Gasteiger partial charge is 0.203 e. The maximum absolute atomic E-state index is 13.6. The largest absolute Gasteiger partial charge is 0.349 e. The zero-order valence-corrected chi connectivity index (χ0v) is 10.6. The molecule has 2 heterocycles. The van der Waals surface area contributed by atoms with Gasteiger partial charge in [0.2, 0.25) is 5.95 Å². The average Bonchev–Trinajstić information content (AvgIpc) is 2.71. The molecule has 3 nitrogen and oxygen atoms in total. The lowest BCUT2D eigenvalue weighted by atomic mass is 10.0. The summed E-state index contributed by atoms with van der Waals surface area (Å²) in [5.74, 6) is 0.740. The Morgan fingerprint density at radius 1 is 1.39 bits per heavy atom. The van der Waals surface area contributed by atoms with E-state index in [1.807, 2.05) is 25.3 Å². The fourth-order valence-electron chi connectivity index (χ4n) is 2.40. The first-order chi connectivity index (χ1) is 8.63. The fourth-order valence-corrected chi connectivity index (χ4v) is 2.40. The lowest BCUT2D eigenvalue weighted by Gasteiger charge is -2.26. The number of hydrogen-bond donors (Lipinski definition) is 1. The van der Waals surface area contributed by atoms with Crippen molar-refractivity contribution in [3.8, 4) is 0 Å². The minimum atomic E-state index is -0.139. The van der Waals surface area contributed by atoms with Gasteiger partial charge in [0.15, 0.2) is 0 Å². The van der Waals surface area contributed by atoms with Crippen LogP contribution in [0.25, 0.3) is 0 Å². The zero-order chi connectivity index (χ0) is 12.7. The van der Waals surface area contributed by atoms with Gasteiger partial charge in [-0.05, 0) is 37.5 Å². The number of anilines is 1. The van der Waals surface area contributed by atoms with Crippen LogP contribution in [0.2, 0.25) is 0 Å². The first-order valence-corrected chi connectivity index (χ1v) is 6.20. The van der Waals surface area contributed by atoms with E-state index >= 15 is 0 Å². The zero-order valence-electron chi connectivity index (χ0n) is 10.6. The minimum Gasteiger partial charge on any atom is -0.349 e. The number of hydrogen-bond acceptors (Lipinski definition) is 2. The van der Waals surface area contributed by atoms with Crippen LogP contribution in [0.3, 0.4) is 0 Å². The summed E-state index contributed by atoms with van der Waals surface area (Å²) in [5.41, 5.74) is 2.69. The topological polar surface area (TPSA) is 29.9 Å². The quantitative estimate of drug-likeness (QED) is 0.836. The van der Waals surface area contributed by atoms with Crippen molar-refractivity contribution in [1.29, 1.82) is 0 Å². The number of nitrogens with zero attached hydrogens (tertiary/aromatic N) is 2. The molecule has 18 heavy (non-hydrogen) atoms. The minimum absolute atomic E-state index is 0.139. The van der Waals surface area contributed by atoms with E-state index in [1.54, 1.807) is 13.0 Å². The van der Waals surface area contributed by atoms with E-state index in [2.05, 4.69) is 14.9 Å². The molecule has 0 aliphatic carbocycles. The third kappa shape index (κ3) is 1.88. The molecule has 0 fully saturated rings. The third-order valence-corrected chi connectivity index (χ3v) is 3.46. The van der Waals surface area contributed by atoms with Gasteiger partial charge < -0.3 is 9.88 Å². The summed E-state index contributed by atoms with van der Waals surface area (Å²) in [6, 6.07) is 5.59. The highest BCUT2D eigenvalue weighted by Crippen LogP contribution is 2.28. The highest BCUT2D eigenvalue weighted by Gasteiger charge is 2.20. The molecule has 1 unspecified atom stereocenters. The Morgan fingerprint density at radius 3 is 3.00 bits per heavy atom. The highest BCUT2D eigenvalue weighted by atomic mass is 19.1. The van der Waals surface area contributed by atoms with Gasteiger partial charge in [-0.15, -0.1) is 0 Å². The van der Waals surface area contributed by atoms with Gasteiger partial charge in [-0.2, -0.15) is 0 Å². The Balaban J connectivity index is 1.89. The third-order valence-electron chi connectivity index (χ3n) is 3.46. The summed E-state index contributed by atoms with van der Waals surface area (Å²) in [5, 5.41) is 3.37. The van der Waals surface area contributed by atoms with Crippen LogP contribution in [0.15, 0.2) is 24.4 Å². The van der Waals surface area contributed by atoms with E-state index in [0.717, 1.165) is 30.2 Å². The number of aromatic nitrogens is 2. The Hall–Kier alpha value is -1.84. The monoisotopic (exact) mass is 245 g/mol. The molecule has 0 radical (unpaired) electrons. The van der Waals surface area contributed by atoms with Gasteiger partial charge in [-0.25, -0.2) is 9.37 Å². The number of halogens is 1. The van der Waals surface area contributed by atoms with Crippen molar-refractivity contribution in [2.45, 2.75) is 32.9 Å². The number of nitrogens with one attached hydrogen (secondary N) is 1. The summed E-state index contributed by atoms with van der Waals surface area (Å²) >= 11 is 0. The molecule has 0 saturated carbocycles. The second-order valence-corrected chi connectivity index (χ2v) is 4.89. The Bertz CT molecular complexity index is 589. The SMILES string of the molecule is Cc1cn2c(n1)NC(c1ccc(C)c(F)c1)CC2. The molecule has 3 rings (SSSR count). The van der Waals surface area contributed by atoms with Gasteiger partial charge in [0, 0.05) is 12.7 Å². The molecular weight excluding hydrogens is 229 g/mol. The second kappa shape index (κ2) is 4.12. The lowest BCUT2D eigenvalue weighted by molar-refractivity contribution is 0.537. The van der Waals surface area contributed by atoms with Crippen LogP contribution in [0, 0.1) is 19.7 Å². The molecule has 94 valence electrons. The van der Waals surface area contributed by atoms with Gasteiger partial charge in [-0.1, -0.05) is 12.1 Å². The summed E-state index contributed by atoms with van der Waals surface area (Å²) in [4.78, 5) is 4.43. The van der Waals surface area contributed by atoms with Gasteiger partial charge in [0.05, 0.1) is 11.7 Å². The number of aryl methyl sites for hydroxylation is 3. The maximum Gasteiger partial charge on any atom is 0.203 e. The average molecular weight is 245 g/mol. The summed E-state index contributed by atoms with van der Waals surface area (Å²) < 4.78 is 15.7. The molecule has 1 aliphatic heterocycles. The summed E-state index contributed by atoms with van der Waals surface area (Å²) in [7, 11) is 0. The van der Waals surface area contributed by atoms with E-state index < -0.39 is 0 Å². The lowest BCUT2D eigenvalue weighted by Crippen LogP contribution is -2.22. The van der Waals surface area contributed by atoms with Crippen LogP contribution in [-0.4, -0.2) is 9.55 Å². The number of imidazole rings is 1. The van der Waals surface area contributed by atoms with Crippen molar-refractivity contribution >= 4 is 5.95 Å². The van der Waals surface area contributed by atoms with Gasteiger partial charge >= 0.3 is 0 Å². The maximum atomic E-state index is 13.6. The molecule has 0 spiro atoms. The fraction of sp³-hybridized carbons (Fsp3) is 0.357. The predicted octanol–water partition coefficient (Wildman–Crippen LogP) is 3.20. The van der Waals surface area contributed by atoms with Crippen molar-refractivity contribution in [2.75, 3.05) is 5.32 Å². The van der Waals surface area contributed by atoms with Crippen LogP contribution < -0.4 is 5.32 Å². The molecule has 1 aliphatic rings. The Morgan fingerprint density at radius 2 is 2.22 bits per heavy atom. The van der Waals surface area contributed by atoms with E-state index in [0.29, 0.717) is 5.56 Å². The van der Waals surface area contributed by atoms with E-state index in [-0.39, 0.29) is 11.9 Å². The summed E-state index contributed by atoms with van der Waals surface area (Å²) in [6.07, 6.45) is 2.99. The molecule has 1 aromatic heterocycles. The molecule has 2 aromatic rings. The second-order valence-electron chi connectivity index (χ2n) is 4.89. The molecule has 0 amide bonds. The molecule has 0 saturated heterocycles. The number of benzene rings is 1. The van der Waals surface area contributed by atoms with Crippen molar-refractivity contribution in [3.63, 3.8) is 0 Å². The standard InChI is InChI=1S/C14H16FN3/c1-9-3-4-11(7-12(9)15)13-5-6-18-8-10(2)16-14(18)17-13/h3-4,7-8,13H,5-6H2,1-2H3,(H,16,17). The predicted molar refractivity (Wildman–Crippen MR) is 69.1 cm³/mol. The molecule has 0 bridgehead atoms. The van der Waals surface area contributed by atoms with Crippen molar-refractivity contribution < 1.29 is 4.39 Å². The normalized spacial score (nSPS) is 18.3. The molecule has 1 aromatic carbocycles. The van der Waals surface area contributed by atoms with Gasteiger partial charge in [0.1, 0.15) is 5.82 Å². The number of rotatable bonds is 1. The van der Waals surface area contributed by atoms with Crippen LogP contribution in [0.1, 0.15) is 29.3 Å². The van der Waals surface area contributed by atoms with E-state index in [1.165, 1.54) is 0 Å². The summed E-state index contributed by atoms with van der Waals surface area (Å²) in [6.45, 7) is 4.68. The first-order valence-electron chi connectivity index (χ1n) is 6.20. The Kier molecular flexibility index (Phi) is 2.58. The first kappa shape index (κ1) is 11.3. The molecule has 1 atom stereocenters. The van der Waals surface area contributed by atoms with Gasteiger partial charge in [0.25, 0.3) is 0 Å². The highest BCUT2D eigenvalue weighted by molar-refractivity contribution is 5.37. The van der Waals surface area contributed by atoms with E-state index in [9.17, 15) is 4.39 Å². The van der Waals surface area contributed by atoms with Crippen LogP contribution in [0.4, 0.5) is 10.3 Å². The van der Waals surface area contributed by atoms with Crippen molar-refractivity contribution in [3.05, 3.63) is 47.0 Å². The van der Waals surface area contributed by atoms with E-state index in [4.69, 9.17) is 0 Å². The number of fused-ring (bicyclic) bond motifs is 1.